The summed E-state index contributed by atoms with van der Waals surface area (Å²) < 4.78 is 1.17. The minimum Gasteiger partial charge on any atom is -0.369 e. The third kappa shape index (κ3) is 4.23. The molecule has 1 N–H and O–H groups in total. The molecule has 2 rings (SSSR count). The number of benzene rings is 1. The molecule has 0 aliphatic carbocycles. The molecular formula is C17H27BrN2. The van der Waals surface area contributed by atoms with E-state index in [0.29, 0.717) is 12.0 Å². The van der Waals surface area contributed by atoms with Gasteiger partial charge in [-0.2, -0.15) is 0 Å². The summed E-state index contributed by atoms with van der Waals surface area (Å²) in [6.07, 6.45) is 4.00. The van der Waals surface area contributed by atoms with Crippen molar-refractivity contribution in [1.29, 1.82) is 0 Å². The third-order valence-corrected chi connectivity index (χ3v) is 4.52. The first-order valence-electron chi connectivity index (χ1n) is 7.83. The second-order valence-corrected chi connectivity index (χ2v) is 7.25. The Morgan fingerprint density at radius 3 is 2.85 bits per heavy atom. The van der Waals surface area contributed by atoms with E-state index in [9.17, 15) is 0 Å². The van der Waals surface area contributed by atoms with E-state index in [1.165, 1.54) is 41.5 Å². The van der Waals surface area contributed by atoms with Gasteiger partial charge in [0.15, 0.2) is 0 Å². The highest BCUT2D eigenvalue weighted by molar-refractivity contribution is 9.10. The monoisotopic (exact) mass is 338 g/mol. The van der Waals surface area contributed by atoms with Crippen LogP contribution in [0.2, 0.25) is 0 Å². The second-order valence-electron chi connectivity index (χ2n) is 6.34. The lowest BCUT2D eigenvalue weighted by atomic mass is 10.0. The number of anilines is 1. The van der Waals surface area contributed by atoms with E-state index in [-0.39, 0.29) is 0 Å². The van der Waals surface area contributed by atoms with Crippen molar-refractivity contribution < 1.29 is 0 Å². The summed E-state index contributed by atoms with van der Waals surface area (Å²) in [5.41, 5.74) is 2.82. The van der Waals surface area contributed by atoms with Gasteiger partial charge in [0.2, 0.25) is 0 Å². The van der Waals surface area contributed by atoms with Crippen LogP contribution in [0.15, 0.2) is 22.7 Å². The zero-order valence-electron chi connectivity index (χ0n) is 13.0. The summed E-state index contributed by atoms with van der Waals surface area (Å²) in [4.78, 5) is 2.59. The quantitative estimate of drug-likeness (QED) is 0.845. The molecule has 112 valence electrons. The smallest absolute Gasteiger partial charge is 0.0415 e. The zero-order valence-corrected chi connectivity index (χ0v) is 14.5. The van der Waals surface area contributed by atoms with E-state index in [4.69, 9.17) is 0 Å². The Balaban J connectivity index is 2.14. The first kappa shape index (κ1) is 15.8. The highest BCUT2D eigenvalue weighted by Gasteiger charge is 2.20. The van der Waals surface area contributed by atoms with Gasteiger partial charge in [0.1, 0.15) is 0 Å². The number of halogens is 1. The zero-order chi connectivity index (χ0) is 14.5. The molecule has 0 bridgehead atoms. The Labute approximate surface area is 132 Å². The molecule has 1 aromatic carbocycles. The van der Waals surface area contributed by atoms with E-state index >= 15 is 0 Å². The molecule has 0 radical (unpaired) electrons. The number of nitrogens with one attached hydrogen (secondary N) is 1. The molecule has 0 aromatic heterocycles. The molecule has 1 heterocycles. The van der Waals surface area contributed by atoms with Crippen LogP contribution < -0.4 is 10.2 Å². The van der Waals surface area contributed by atoms with Crippen molar-refractivity contribution in [3.63, 3.8) is 0 Å². The van der Waals surface area contributed by atoms with Crippen LogP contribution in [-0.4, -0.2) is 19.1 Å². The maximum Gasteiger partial charge on any atom is 0.0415 e. The van der Waals surface area contributed by atoms with E-state index in [1.807, 2.05) is 0 Å². The van der Waals surface area contributed by atoms with Gasteiger partial charge in [-0.25, -0.2) is 0 Å². The molecule has 1 fully saturated rings. The molecule has 2 nitrogen and oxygen atoms in total. The van der Waals surface area contributed by atoms with Crippen molar-refractivity contribution in [2.24, 2.45) is 5.92 Å². The Bertz CT molecular complexity index is 431. The molecule has 3 heteroatoms. The fraction of sp³-hybridized carbons (Fsp3) is 0.647. The average molecular weight is 339 g/mol. The van der Waals surface area contributed by atoms with Crippen LogP contribution in [0.4, 0.5) is 5.69 Å². The molecule has 1 aliphatic rings. The van der Waals surface area contributed by atoms with Gasteiger partial charge in [-0.3, -0.25) is 0 Å². The minimum atomic E-state index is 0.661. The average Bonchev–Trinajstić information content (AvgIpc) is 2.40. The lowest BCUT2D eigenvalue weighted by Crippen LogP contribution is -2.38. The van der Waals surface area contributed by atoms with Crippen LogP contribution in [0.1, 0.15) is 45.6 Å². The van der Waals surface area contributed by atoms with Crippen LogP contribution in [0.25, 0.3) is 0 Å². The summed E-state index contributed by atoms with van der Waals surface area (Å²) in [5, 5.41) is 3.58. The summed E-state index contributed by atoms with van der Waals surface area (Å²) in [5.74, 6) is 0.694. The van der Waals surface area contributed by atoms with Crippen molar-refractivity contribution in [3.8, 4) is 0 Å². The first-order valence-corrected chi connectivity index (χ1v) is 8.63. The third-order valence-electron chi connectivity index (χ3n) is 4.02. The Morgan fingerprint density at radius 2 is 2.15 bits per heavy atom. The van der Waals surface area contributed by atoms with E-state index < -0.39 is 0 Å². The van der Waals surface area contributed by atoms with Crippen LogP contribution in [0, 0.1) is 5.92 Å². The number of nitrogens with zero attached hydrogens (tertiary/aromatic N) is 1. The molecule has 1 aliphatic heterocycles. The van der Waals surface area contributed by atoms with Gasteiger partial charge in [0.25, 0.3) is 0 Å². The number of piperidine rings is 1. The predicted octanol–water partition coefficient (Wildman–Crippen LogP) is 4.57. The van der Waals surface area contributed by atoms with E-state index in [2.05, 4.69) is 65.1 Å². The Kier molecular flexibility index (Phi) is 5.91. The van der Waals surface area contributed by atoms with Crippen LogP contribution >= 0.6 is 15.9 Å². The van der Waals surface area contributed by atoms with Gasteiger partial charge in [0, 0.05) is 29.3 Å². The Hall–Kier alpha value is -0.540. The maximum atomic E-state index is 3.61. The summed E-state index contributed by atoms with van der Waals surface area (Å²) >= 11 is 3.61. The van der Waals surface area contributed by atoms with Crippen molar-refractivity contribution in [2.75, 3.05) is 18.0 Å². The van der Waals surface area contributed by atoms with E-state index in [0.717, 1.165) is 13.1 Å². The van der Waals surface area contributed by atoms with Gasteiger partial charge in [-0.15, -0.1) is 0 Å². The molecule has 1 atom stereocenters. The number of hydrogen-bond acceptors (Lipinski definition) is 2. The van der Waals surface area contributed by atoms with Crippen molar-refractivity contribution in [2.45, 2.75) is 52.6 Å². The van der Waals surface area contributed by atoms with Gasteiger partial charge >= 0.3 is 0 Å². The molecular weight excluding hydrogens is 312 g/mol. The number of rotatable bonds is 5. The molecule has 1 unspecified atom stereocenters. The summed E-state index contributed by atoms with van der Waals surface area (Å²) in [7, 11) is 0. The van der Waals surface area contributed by atoms with Crippen molar-refractivity contribution in [1.82, 2.24) is 5.32 Å². The fourth-order valence-electron chi connectivity index (χ4n) is 2.93. The Morgan fingerprint density at radius 1 is 1.35 bits per heavy atom. The first-order chi connectivity index (χ1) is 9.58. The largest absolute Gasteiger partial charge is 0.369 e. The van der Waals surface area contributed by atoms with Gasteiger partial charge in [-0.1, -0.05) is 29.8 Å². The van der Waals surface area contributed by atoms with Crippen LogP contribution in [-0.2, 0) is 6.54 Å². The van der Waals surface area contributed by atoms with Crippen LogP contribution in [0.5, 0.6) is 0 Å². The maximum absolute atomic E-state index is 3.61. The number of hydrogen-bond donors (Lipinski definition) is 1. The van der Waals surface area contributed by atoms with E-state index in [1.54, 1.807) is 0 Å². The standard InChI is InChI=1S/C17H27BrN2/c1-13(2)11-19-12-15-10-16(18)7-8-17(15)20-9-5-4-6-14(20)3/h7-8,10,13-14,19H,4-6,9,11-12H2,1-3H3. The van der Waals surface area contributed by atoms with Crippen molar-refractivity contribution in [3.05, 3.63) is 28.2 Å². The summed E-state index contributed by atoms with van der Waals surface area (Å²) in [6.45, 7) is 10.1. The minimum absolute atomic E-state index is 0.661. The molecule has 1 aromatic rings. The van der Waals surface area contributed by atoms with Gasteiger partial charge in [-0.05, 0) is 62.4 Å². The summed E-state index contributed by atoms with van der Waals surface area (Å²) in [6, 6.07) is 7.37. The second kappa shape index (κ2) is 7.46. The molecule has 0 saturated carbocycles. The molecule has 0 amide bonds. The molecule has 1 saturated heterocycles. The topological polar surface area (TPSA) is 15.3 Å². The fourth-order valence-corrected chi connectivity index (χ4v) is 3.34. The SMILES string of the molecule is CC(C)CNCc1cc(Br)ccc1N1CCCCC1C. The lowest BCUT2D eigenvalue weighted by Gasteiger charge is -2.37. The lowest BCUT2D eigenvalue weighted by molar-refractivity contribution is 0.482. The highest BCUT2D eigenvalue weighted by Crippen LogP contribution is 2.30. The van der Waals surface area contributed by atoms with Gasteiger partial charge < -0.3 is 10.2 Å². The molecule has 0 spiro atoms. The molecule has 20 heavy (non-hydrogen) atoms. The van der Waals surface area contributed by atoms with Crippen molar-refractivity contribution >= 4 is 21.6 Å². The van der Waals surface area contributed by atoms with Crippen LogP contribution in [0.3, 0.4) is 0 Å². The normalized spacial score (nSPS) is 19.6. The predicted molar refractivity (Wildman–Crippen MR) is 91.3 cm³/mol. The van der Waals surface area contributed by atoms with Gasteiger partial charge in [0.05, 0.1) is 0 Å². The highest BCUT2D eigenvalue weighted by atomic mass is 79.9.